The maximum absolute atomic E-state index is 15.5. The van der Waals surface area contributed by atoms with Crippen LogP contribution in [0.15, 0.2) is 46.3 Å². The van der Waals surface area contributed by atoms with Crippen LogP contribution < -0.4 is 22.5 Å². The Bertz CT molecular complexity index is 1760. The lowest BCUT2D eigenvalue weighted by Gasteiger charge is -2.20. The quantitative estimate of drug-likeness (QED) is 0.0643. The predicted molar refractivity (Wildman–Crippen MR) is 178 cm³/mol. The predicted octanol–water partition coefficient (Wildman–Crippen LogP) is 6.71. The third-order valence-electron chi connectivity index (χ3n) is 8.47. The Kier molecular flexibility index (Phi) is 10.9. The molecule has 1 aliphatic rings. The molecule has 0 radical (unpaired) electrons. The molecule has 8 nitrogen and oxygen atoms in total. The highest BCUT2D eigenvalue weighted by molar-refractivity contribution is 6.31. The van der Waals surface area contributed by atoms with Gasteiger partial charge in [0.25, 0.3) is 0 Å². The average molecular weight is 656 g/mol. The van der Waals surface area contributed by atoms with E-state index in [4.69, 9.17) is 23.1 Å². The highest BCUT2D eigenvalue weighted by Crippen LogP contribution is 2.35. The van der Waals surface area contributed by atoms with Gasteiger partial charge in [0, 0.05) is 41.3 Å². The van der Waals surface area contributed by atoms with Gasteiger partial charge in [-0.3, -0.25) is 9.56 Å². The first kappa shape index (κ1) is 33.7. The van der Waals surface area contributed by atoms with Crippen LogP contribution in [0.1, 0.15) is 76.0 Å². The van der Waals surface area contributed by atoms with E-state index in [1.54, 1.807) is 25.1 Å². The molecule has 12 heteroatoms. The van der Waals surface area contributed by atoms with E-state index in [1.807, 2.05) is 6.92 Å². The number of aromatic nitrogens is 3. The summed E-state index contributed by atoms with van der Waals surface area (Å²) in [5, 5.41) is 3.67. The van der Waals surface area contributed by atoms with Gasteiger partial charge in [0.2, 0.25) is 0 Å². The second-order valence-electron chi connectivity index (χ2n) is 12.2. The number of aromatic amines is 1. The number of aliphatic imine (C=N–C) groups is 1. The zero-order valence-electron chi connectivity index (χ0n) is 26.2. The van der Waals surface area contributed by atoms with Crippen LogP contribution in [-0.4, -0.2) is 39.5 Å². The number of nitrogens with one attached hydrogen (secondary N) is 2. The molecule has 2 heterocycles. The van der Waals surface area contributed by atoms with Crippen molar-refractivity contribution in [3.63, 3.8) is 0 Å². The Morgan fingerprint density at radius 3 is 2.57 bits per heavy atom. The van der Waals surface area contributed by atoms with Gasteiger partial charge in [0.15, 0.2) is 5.82 Å². The molecular weight excluding hydrogens is 615 g/mol. The first-order valence-electron chi connectivity index (χ1n) is 15.9. The molecule has 5 rings (SSSR count). The second-order valence-corrected chi connectivity index (χ2v) is 12.6. The summed E-state index contributed by atoms with van der Waals surface area (Å²) in [6, 6.07) is 6.89. The number of nitrogens with zero attached hydrogens (tertiary/aromatic N) is 3. The van der Waals surface area contributed by atoms with Crippen LogP contribution >= 0.6 is 11.6 Å². The minimum atomic E-state index is -0.773. The number of benzene rings is 2. The maximum Gasteiger partial charge on any atom is 0.354 e. The molecule has 0 spiro atoms. The number of hydrogen-bond acceptors (Lipinski definition) is 5. The summed E-state index contributed by atoms with van der Waals surface area (Å²) in [7, 11) is 0. The summed E-state index contributed by atoms with van der Waals surface area (Å²) >= 11 is 6.27. The Morgan fingerprint density at radius 2 is 1.89 bits per heavy atom. The van der Waals surface area contributed by atoms with Crippen LogP contribution in [0.5, 0.6) is 0 Å². The standard InChI is InChI=1S/C34H41ClF3N7O/c1-3-6-29(42-12-5-11-41-19(2)39)31-26(36)16-23(17-27(31)37)45-18-22-15-30(43-33(22)44-34(45)46)24-13-20(14-25(35)32(24)38)7-4-8-28(40)21-9-10-21/h13-18,21,28-29,42H,3-12,40H2,1-2H3,(H2,39,41)(H,43,44,46). The lowest BCUT2D eigenvalue weighted by molar-refractivity contribution is 0.440. The number of fused-ring (bicyclic) bond motifs is 1. The van der Waals surface area contributed by atoms with E-state index in [0.29, 0.717) is 61.6 Å². The molecule has 2 atom stereocenters. The normalized spacial score (nSPS) is 15.1. The Labute approximate surface area is 271 Å². The van der Waals surface area contributed by atoms with Crippen molar-refractivity contribution < 1.29 is 13.2 Å². The van der Waals surface area contributed by atoms with Gasteiger partial charge in [-0.05, 0) is 100 Å². The van der Waals surface area contributed by atoms with E-state index in [-0.39, 0.29) is 33.5 Å². The molecular formula is C34H41ClF3N7O. The first-order valence-corrected chi connectivity index (χ1v) is 16.3. The van der Waals surface area contributed by atoms with E-state index >= 15 is 13.2 Å². The molecule has 2 unspecified atom stereocenters. The Hall–Kier alpha value is -3.67. The Morgan fingerprint density at radius 1 is 1.15 bits per heavy atom. The molecule has 246 valence electrons. The van der Waals surface area contributed by atoms with Crippen LogP contribution in [0.3, 0.4) is 0 Å². The smallest absolute Gasteiger partial charge is 0.354 e. The lowest BCUT2D eigenvalue weighted by Crippen LogP contribution is -2.26. The molecule has 1 aliphatic carbocycles. The van der Waals surface area contributed by atoms with Gasteiger partial charge in [0.1, 0.15) is 17.3 Å². The molecule has 0 saturated heterocycles. The van der Waals surface area contributed by atoms with Crippen molar-refractivity contribution >= 4 is 28.5 Å². The van der Waals surface area contributed by atoms with E-state index in [9.17, 15) is 4.79 Å². The Balaban J connectivity index is 1.39. The van der Waals surface area contributed by atoms with Gasteiger partial charge in [-0.15, -0.1) is 0 Å². The van der Waals surface area contributed by atoms with Crippen LogP contribution in [0.2, 0.25) is 5.02 Å². The van der Waals surface area contributed by atoms with Gasteiger partial charge in [-0.1, -0.05) is 24.9 Å². The monoisotopic (exact) mass is 655 g/mol. The summed E-state index contributed by atoms with van der Waals surface area (Å²) in [5.41, 5.74) is 12.7. The maximum atomic E-state index is 15.5. The fourth-order valence-corrected chi connectivity index (χ4v) is 6.14. The largest absolute Gasteiger partial charge is 0.388 e. The number of amidine groups is 1. The van der Waals surface area contributed by atoms with Gasteiger partial charge in [-0.2, -0.15) is 4.98 Å². The first-order chi connectivity index (χ1) is 22.0. The van der Waals surface area contributed by atoms with Gasteiger partial charge < -0.3 is 21.8 Å². The minimum absolute atomic E-state index is 0.00810. The topological polar surface area (TPSA) is 127 Å². The van der Waals surface area contributed by atoms with E-state index in [2.05, 4.69) is 20.3 Å². The molecule has 46 heavy (non-hydrogen) atoms. The van der Waals surface area contributed by atoms with Gasteiger partial charge >= 0.3 is 5.69 Å². The SMILES string of the molecule is CCCC(NCCCN=C(C)N)c1c(F)cc(-n2cc3cc(-c4cc(CCCC(N)C5CC5)cc(Cl)c4F)[nH]c3nc2=O)cc1F. The summed E-state index contributed by atoms with van der Waals surface area (Å²) in [6.07, 6.45) is 8.13. The highest BCUT2D eigenvalue weighted by atomic mass is 35.5. The molecule has 6 N–H and O–H groups in total. The van der Waals surface area contributed by atoms with Crippen molar-refractivity contribution in [1.82, 2.24) is 19.9 Å². The summed E-state index contributed by atoms with van der Waals surface area (Å²) < 4.78 is 47.3. The van der Waals surface area contributed by atoms with E-state index in [1.165, 1.54) is 19.0 Å². The third kappa shape index (κ3) is 8.00. The molecule has 2 aromatic heterocycles. The number of hydrogen-bond donors (Lipinski definition) is 4. The fourth-order valence-electron chi connectivity index (χ4n) is 5.90. The van der Waals surface area contributed by atoms with Crippen molar-refractivity contribution in [2.75, 3.05) is 13.1 Å². The van der Waals surface area contributed by atoms with E-state index in [0.717, 1.165) is 35.1 Å². The van der Waals surface area contributed by atoms with Crippen molar-refractivity contribution in [3.05, 3.63) is 80.6 Å². The van der Waals surface area contributed by atoms with Crippen LogP contribution in [0.4, 0.5) is 13.2 Å². The van der Waals surface area contributed by atoms with Gasteiger partial charge in [0.05, 0.1) is 22.2 Å². The van der Waals surface area contributed by atoms with Crippen molar-refractivity contribution in [1.29, 1.82) is 0 Å². The zero-order chi connectivity index (χ0) is 33.0. The molecule has 4 aromatic rings. The van der Waals surface area contributed by atoms with Gasteiger partial charge in [-0.25, -0.2) is 18.0 Å². The highest BCUT2D eigenvalue weighted by Gasteiger charge is 2.28. The molecule has 2 aromatic carbocycles. The average Bonchev–Trinajstić information content (AvgIpc) is 3.77. The zero-order valence-corrected chi connectivity index (χ0v) is 26.9. The summed E-state index contributed by atoms with van der Waals surface area (Å²) in [4.78, 5) is 24.3. The molecule has 0 aliphatic heterocycles. The number of halogens is 4. The van der Waals surface area contributed by atoms with Crippen LogP contribution in [0.25, 0.3) is 28.0 Å². The minimum Gasteiger partial charge on any atom is -0.388 e. The molecule has 0 bridgehead atoms. The van der Waals surface area contributed by atoms with Crippen molar-refractivity contribution in [2.45, 2.75) is 77.3 Å². The number of H-pyrrole nitrogens is 1. The number of rotatable bonds is 15. The van der Waals surface area contributed by atoms with Crippen molar-refractivity contribution in [3.8, 4) is 16.9 Å². The van der Waals surface area contributed by atoms with Crippen LogP contribution in [0, 0.1) is 23.4 Å². The summed E-state index contributed by atoms with van der Waals surface area (Å²) in [5.74, 6) is -1.05. The second kappa shape index (κ2) is 14.8. The third-order valence-corrected chi connectivity index (χ3v) is 8.75. The lowest BCUT2D eigenvalue weighted by atomic mass is 10.00. The van der Waals surface area contributed by atoms with Crippen LogP contribution in [-0.2, 0) is 6.42 Å². The molecule has 1 fully saturated rings. The van der Waals surface area contributed by atoms with E-state index < -0.39 is 29.2 Å². The number of aryl methyl sites for hydroxylation is 1. The fraction of sp³-hybridized carbons (Fsp3) is 0.441. The van der Waals surface area contributed by atoms with Crippen molar-refractivity contribution in [2.24, 2.45) is 22.4 Å². The summed E-state index contributed by atoms with van der Waals surface area (Å²) in [6.45, 7) is 4.66. The molecule has 1 saturated carbocycles. The number of nitrogens with two attached hydrogens (primary N) is 2. The molecule has 0 amide bonds.